The number of benzene rings is 1. The average molecular weight is 399 g/mol. The minimum Gasteiger partial charge on any atom is -0.444 e. The van der Waals surface area contributed by atoms with Crippen molar-refractivity contribution in [2.24, 2.45) is 0 Å². The number of nitrogens with one attached hydrogen (secondary N) is 2. The molecule has 0 radical (unpaired) electrons. The maximum absolute atomic E-state index is 12.2. The predicted molar refractivity (Wildman–Crippen MR) is 99.1 cm³/mol. The monoisotopic (exact) mass is 399 g/mol. The summed E-state index contributed by atoms with van der Waals surface area (Å²) in [6.07, 6.45) is -0.438. The molecule has 10 nitrogen and oxygen atoms in total. The number of hydrazine groups is 1. The second-order valence-corrected chi connectivity index (χ2v) is 8.74. The lowest BCUT2D eigenvalue weighted by atomic mass is 10.2. The maximum Gasteiger partial charge on any atom is 0.410 e. The Kier molecular flexibility index (Phi) is 6.16. The molecule has 0 bridgehead atoms. The number of sulfonamides is 1. The molecule has 11 heteroatoms. The number of nitrogens with two attached hydrogens (primary N) is 1. The van der Waals surface area contributed by atoms with Gasteiger partial charge in [-0.15, -0.1) is 4.83 Å². The lowest BCUT2D eigenvalue weighted by Gasteiger charge is -2.35. The Bertz CT molecular complexity index is 780. The van der Waals surface area contributed by atoms with Crippen LogP contribution in [0.25, 0.3) is 0 Å². The number of carbonyl (C=O) groups excluding carboxylic acids is 2. The summed E-state index contributed by atoms with van der Waals surface area (Å²) >= 11 is 0. The Hall–Kier alpha value is -2.53. The number of piperazine rings is 1. The number of anilines is 1. The molecule has 27 heavy (non-hydrogen) atoms. The minimum absolute atomic E-state index is 0.0215. The summed E-state index contributed by atoms with van der Waals surface area (Å²) in [4.78, 5) is 29.1. The van der Waals surface area contributed by atoms with E-state index in [0.717, 1.165) is 0 Å². The first kappa shape index (κ1) is 20.8. The van der Waals surface area contributed by atoms with Crippen LogP contribution in [-0.2, 0) is 14.8 Å². The molecule has 0 aliphatic carbocycles. The third-order valence-corrected chi connectivity index (χ3v) is 4.96. The van der Waals surface area contributed by atoms with E-state index in [2.05, 4.69) is 5.43 Å². The zero-order valence-corrected chi connectivity index (χ0v) is 16.4. The number of ether oxygens (including phenoxy) is 1. The van der Waals surface area contributed by atoms with E-state index in [4.69, 9.17) is 10.5 Å². The number of hydrogen-bond acceptors (Lipinski definition) is 6. The van der Waals surface area contributed by atoms with Gasteiger partial charge in [-0.05, 0) is 45.0 Å². The van der Waals surface area contributed by atoms with Crippen LogP contribution in [0.4, 0.5) is 15.3 Å². The van der Waals surface area contributed by atoms with Gasteiger partial charge in [0.25, 0.3) is 10.0 Å². The standard InChI is InChI=1S/C16H25N5O5S/c1-16(2,3)26-15(23)21-10-8-20(9-11-21)14(22)18-19-27(24,25)13-6-4-12(17)5-7-13/h4-7,19H,8-11,17H2,1-3H3,(H,18,22). The molecule has 1 heterocycles. The van der Waals surface area contributed by atoms with E-state index in [0.29, 0.717) is 18.8 Å². The van der Waals surface area contributed by atoms with Crippen LogP contribution in [0, 0.1) is 0 Å². The zero-order valence-electron chi connectivity index (χ0n) is 15.6. The first-order chi connectivity index (χ1) is 12.5. The van der Waals surface area contributed by atoms with Crippen molar-refractivity contribution in [3.63, 3.8) is 0 Å². The highest BCUT2D eigenvalue weighted by molar-refractivity contribution is 7.89. The predicted octanol–water partition coefficient (Wildman–Crippen LogP) is 0.724. The van der Waals surface area contributed by atoms with Crippen LogP contribution in [0.5, 0.6) is 0 Å². The third-order valence-electron chi connectivity index (χ3n) is 3.70. The zero-order chi connectivity index (χ0) is 20.2. The molecule has 1 aliphatic heterocycles. The smallest absolute Gasteiger partial charge is 0.410 e. The first-order valence-electron chi connectivity index (χ1n) is 8.38. The van der Waals surface area contributed by atoms with Crippen LogP contribution in [0.3, 0.4) is 0 Å². The van der Waals surface area contributed by atoms with E-state index >= 15 is 0 Å². The molecule has 0 saturated carbocycles. The second kappa shape index (κ2) is 8.01. The van der Waals surface area contributed by atoms with Crippen molar-refractivity contribution in [2.75, 3.05) is 31.9 Å². The molecular weight excluding hydrogens is 374 g/mol. The van der Waals surface area contributed by atoms with Crippen molar-refractivity contribution in [1.82, 2.24) is 20.1 Å². The van der Waals surface area contributed by atoms with Gasteiger partial charge >= 0.3 is 12.1 Å². The van der Waals surface area contributed by atoms with Gasteiger partial charge < -0.3 is 20.3 Å². The molecule has 0 atom stereocenters. The summed E-state index contributed by atoms with van der Waals surface area (Å²) in [5.74, 6) is 0. The van der Waals surface area contributed by atoms with Gasteiger partial charge in [-0.2, -0.15) is 0 Å². The van der Waals surface area contributed by atoms with Crippen molar-refractivity contribution >= 4 is 27.8 Å². The molecule has 0 unspecified atom stereocenters. The summed E-state index contributed by atoms with van der Waals surface area (Å²) in [6.45, 7) is 6.45. The average Bonchev–Trinajstić information content (AvgIpc) is 2.59. The van der Waals surface area contributed by atoms with E-state index in [-0.39, 0.29) is 18.0 Å². The van der Waals surface area contributed by atoms with Crippen LogP contribution in [-0.4, -0.2) is 62.1 Å². The number of carbonyl (C=O) groups is 2. The van der Waals surface area contributed by atoms with Gasteiger partial charge in [0.15, 0.2) is 0 Å². The highest BCUT2D eigenvalue weighted by Gasteiger charge is 2.28. The molecule has 1 fully saturated rings. The fourth-order valence-electron chi connectivity index (χ4n) is 2.31. The van der Waals surface area contributed by atoms with Crippen molar-refractivity contribution in [1.29, 1.82) is 0 Å². The summed E-state index contributed by atoms with van der Waals surface area (Å²) in [5, 5.41) is 0. The fraction of sp³-hybridized carbons (Fsp3) is 0.500. The lowest BCUT2D eigenvalue weighted by Crippen LogP contribution is -2.56. The SMILES string of the molecule is CC(C)(C)OC(=O)N1CCN(C(=O)NNS(=O)(=O)c2ccc(N)cc2)CC1. The quantitative estimate of drug-likeness (QED) is 0.507. The highest BCUT2D eigenvalue weighted by atomic mass is 32.2. The van der Waals surface area contributed by atoms with Crippen LogP contribution in [0.15, 0.2) is 29.2 Å². The molecule has 0 spiro atoms. The Labute approximate surface area is 158 Å². The van der Waals surface area contributed by atoms with Gasteiger partial charge in [-0.3, -0.25) is 5.43 Å². The number of nitrogen functional groups attached to an aromatic ring is 1. The van der Waals surface area contributed by atoms with E-state index < -0.39 is 27.7 Å². The molecule has 1 aromatic rings. The van der Waals surface area contributed by atoms with Crippen LogP contribution in [0.1, 0.15) is 20.8 Å². The first-order valence-corrected chi connectivity index (χ1v) is 9.86. The number of rotatable bonds is 3. The van der Waals surface area contributed by atoms with Gasteiger partial charge in [-0.1, -0.05) is 0 Å². The summed E-state index contributed by atoms with van der Waals surface area (Å²) in [7, 11) is -3.90. The van der Waals surface area contributed by atoms with Gasteiger partial charge in [-0.25, -0.2) is 18.0 Å². The van der Waals surface area contributed by atoms with Gasteiger partial charge in [0.1, 0.15) is 5.60 Å². The van der Waals surface area contributed by atoms with Crippen molar-refractivity contribution in [2.45, 2.75) is 31.3 Å². The van der Waals surface area contributed by atoms with E-state index in [1.54, 1.807) is 20.8 Å². The molecule has 0 aromatic heterocycles. The van der Waals surface area contributed by atoms with Crippen LogP contribution in [0.2, 0.25) is 0 Å². The molecule has 150 valence electrons. The fourth-order valence-corrected chi connectivity index (χ4v) is 3.15. The molecule has 4 N–H and O–H groups in total. The molecule has 3 amide bonds. The summed E-state index contributed by atoms with van der Waals surface area (Å²) in [5.41, 5.74) is 7.54. The normalized spacial score (nSPS) is 15.4. The van der Waals surface area contributed by atoms with Gasteiger partial charge in [0.2, 0.25) is 0 Å². The van der Waals surface area contributed by atoms with E-state index in [1.807, 2.05) is 4.83 Å². The maximum atomic E-state index is 12.2. The molecule has 1 saturated heterocycles. The second-order valence-electron chi connectivity index (χ2n) is 7.06. The molecule has 1 aliphatic rings. The van der Waals surface area contributed by atoms with Crippen molar-refractivity contribution < 1.29 is 22.7 Å². The van der Waals surface area contributed by atoms with Crippen LogP contribution < -0.4 is 16.0 Å². The topological polar surface area (TPSA) is 134 Å². The molecular formula is C16H25N5O5S. The minimum atomic E-state index is -3.90. The Morgan fingerprint density at radius 3 is 2.07 bits per heavy atom. The number of urea groups is 1. The highest BCUT2D eigenvalue weighted by Crippen LogP contribution is 2.13. The Balaban J connectivity index is 1.84. The Morgan fingerprint density at radius 1 is 1.04 bits per heavy atom. The van der Waals surface area contributed by atoms with Gasteiger partial charge in [0.05, 0.1) is 4.90 Å². The summed E-state index contributed by atoms with van der Waals surface area (Å²) < 4.78 is 29.6. The Morgan fingerprint density at radius 2 is 1.56 bits per heavy atom. The van der Waals surface area contributed by atoms with Crippen LogP contribution >= 0.6 is 0 Å². The molecule has 2 rings (SSSR count). The number of hydrogen-bond donors (Lipinski definition) is 3. The van der Waals surface area contributed by atoms with Gasteiger partial charge in [0, 0.05) is 31.9 Å². The van der Waals surface area contributed by atoms with E-state index in [9.17, 15) is 18.0 Å². The summed E-state index contributed by atoms with van der Waals surface area (Å²) in [6, 6.07) is 4.98. The number of nitrogens with zero attached hydrogens (tertiary/aromatic N) is 2. The molecule has 1 aromatic carbocycles. The van der Waals surface area contributed by atoms with Crippen molar-refractivity contribution in [3.8, 4) is 0 Å². The van der Waals surface area contributed by atoms with Crippen molar-refractivity contribution in [3.05, 3.63) is 24.3 Å². The third kappa shape index (κ3) is 6.00. The van der Waals surface area contributed by atoms with E-state index in [1.165, 1.54) is 34.1 Å². The number of amides is 3. The largest absolute Gasteiger partial charge is 0.444 e. The lowest BCUT2D eigenvalue weighted by molar-refractivity contribution is 0.0169.